The van der Waals surface area contributed by atoms with E-state index in [1.165, 1.54) is 12.1 Å². The molecule has 1 saturated heterocycles. The van der Waals surface area contributed by atoms with Crippen molar-refractivity contribution in [2.24, 2.45) is 0 Å². The number of piperazine rings is 1. The molecule has 24 heavy (non-hydrogen) atoms. The van der Waals surface area contributed by atoms with Gasteiger partial charge in [-0.3, -0.25) is 9.69 Å². The number of amides is 1. The van der Waals surface area contributed by atoms with Crippen molar-refractivity contribution in [2.45, 2.75) is 13.2 Å². The zero-order chi connectivity index (χ0) is 16.9. The Morgan fingerprint density at radius 3 is 2.67 bits per heavy atom. The Kier molecular flexibility index (Phi) is 5.05. The van der Waals surface area contributed by atoms with Gasteiger partial charge in [0.05, 0.1) is 11.9 Å². The average molecular weight is 336 g/mol. The van der Waals surface area contributed by atoms with Gasteiger partial charge in [0.25, 0.3) is 5.91 Å². The highest BCUT2D eigenvalue weighted by atomic mass is 19.3. The van der Waals surface area contributed by atoms with Gasteiger partial charge in [-0.05, 0) is 12.1 Å². The molecule has 128 valence electrons. The summed E-state index contributed by atoms with van der Waals surface area (Å²) < 4.78 is 29.4. The van der Waals surface area contributed by atoms with Gasteiger partial charge < -0.3 is 14.6 Å². The molecule has 0 radical (unpaired) electrons. The number of halogens is 2. The fourth-order valence-electron chi connectivity index (χ4n) is 2.73. The lowest BCUT2D eigenvalue weighted by Crippen LogP contribution is -2.48. The molecule has 0 bridgehead atoms. The van der Waals surface area contributed by atoms with Crippen molar-refractivity contribution >= 4 is 5.91 Å². The van der Waals surface area contributed by atoms with E-state index in [1.54, 1.807) is 29.6 Å². The molecular formula is C16H18F2N4O2. The van der Waals surface area contributed by atoms with Crippen LogP contribution in [0.1, 0.15) is 16.1 Å². The lowest BCUT2D eigenvalue weighted by Gasteiger charge is -2.34. The van der Waals surface area contributed by atoms with Gasteiger partial charge in [0, 0.05) is 44.6 Å². The molecule has 1 aromatic carbocycles. The highest BCUT2D eigenvalue weighted by molar-refractivity contribution is 5.97. The summed E-state index contributed by atoms with van der Waals surface area (Å²) in [5.74, 6) is -0.371. The molecule has 1 fully saturated rings. The first-order valence-corrected chi connectivity index (χ1v) is 7.66. The predicted octanol–water partition coefficient (Wildman–Crippen LogP) is 1.97. The van der Waals surface area contributed by atoms with Crippen LogP contribution in [0.5, 0.6) is 5.75 Å². The van der Waals surface area contributed by atoms with Crippen LogP contribution < -0.4 is 4.74 Å². The number of benzene rings is 1. The molecule has 1 amide bonds. The molecule has 3 rings (SSSR count). The number of nitrogens with one attached hydrogen (secondary N) is 1. The van der Waals surface area contributed by atoms with Crippen molar-refractivity contribution in [1.29, 1.82) is 0 Å². The molecule has 6 nitrogen and oxygen atoms in total. The molecule has 2 heterocycles. The number of para-hydroxylation sites is 1. The Balaban J connectivity index is 1.61. The minimum atomic E-state index is -2.95. The van der Waals surface area contributed by atoms with E-state index in [2.05, 4.69) is 19.6 Å². The van der Waals surface area contributed by atoms with Crippen LogP contribution in [-0.2, 0) is 6.54 Å². The van der Waals surface area contributed by atoms with Crippen molar-refractivity contribution < 1.29 is 18.3 Å². The molecule has 0 aliphatic carbocycles. The summed E-state index contributed by atoms with van der Waals surface area (Å²) in [6, 6.07) is 6.10. The van der Waals surface area contributed by atoms with Gasteiger partial charge in [-0.15, -0.1) is 0 Å². The molecule has 2 aromatic rings. The Bertz CT molecular complexity index is 670. The number of nitrogens with zero attached hydrogens (tertiary/aromatic N) is 3. The Morgan fingerprint density at radius 2 is 2.00 bits per heavy atom. The standard InChI is InChI=1S/C16H18F2N4O2/c17-16(18)24-14-4-2-1-3-13(14)15(23)22-7-5-21(6-8-22)10-12-9-19-11-20-12/h1-4,9,11,16H,5-8,10H2,(H,19,20). The van der Waals surface area contributed by atoms with E-state index in [-0.39, 0.29) is 17.2 Å². The lowest BCUT2D eigenvalue weighted by molar-refractivity contribution is -0.0503. The van der Waals surface area contributed by atoms with Gasteiger partial charge in [0.1, 0.15) is 5.75 Å². The van der Waals surface area contributed by atoms with Crippen molar-refractivity contribution in [1.82, 2.24) is 19.8 Å². The average Bonchev–Trinajstić information content (AvgIpc) is 3.08. The van der Waals surface area contributed by atoms with E-state index in [9.17, 15) is 13.6 Å². The first-order chi connectivity index (χ1) is 11.6. The summed E-state index contributed by atoms with van der Waals surface area (Å²) >= 11 is 0. The van der Waals surface area contributed by atoms with Crippen LogP contribution in [0.3, 0.4) is 0 Å². The fraction of sp³-hybridized carbons (Fsp3) is 0.375. The van der Waals surface area contributed by atoms with E-state index < -0.39 is 6.61 Å². The van der Waals surface area contributed by atoms with Crippen molar-refractivity contribution in [2.75, 3.05) is 26.2 Å². The quantitative estimate of drug-likeness (QED) is 0.907. The maximum atomic E-state index is 12.6. The number of ether oxygens (including phenoxy) is 1. The largest absolute Gasteiger partial charge is 0.434 e. The second-order valence-corrected chi connectivity index (χ2v) is 5.52. The summed E-state index contributed by atoms with van der Waals surface area (Å²) in [5, 5.41) is 0. The van der Waals surface area contributed by atoms with E-state index in [0.717, 1.165) is 12.2 Å². The molecular weight excluding hydrogens is 318 g/mol. The van der Waals surface area contributed by atoms with E-state index >= 15 is 0 Å². The van der Waals surface area contributed by atoms with Gasteiger partial charge in [-0.1, -0.05) is 12.1 Å². The fourth-order valence-corrected chi connectivity index (χ4v) is 2.73. The summed E-state index contributed by atoms with van der Waals surface area (Å²) in [4.78, 5) is 23.5. The third-order valence-electron chi connectivity index (χ3n) is 3.94. The van der Waals surface area contributed by atoms with Gasteiger partial charge >= 0.3 is 6.61 Å². The highest BCUT2D eigenvalue weighted by Gasteiger charge is 2.25. The van der Waals surface area contributed by atoms with Crippen LogP contribution in [-0.4, -0.2) is 58.5 Å². The first kappa shape index (κ1) is 16.4. The molecule has 1 N–H and O–H groups in total. The highest BCUT2D eigenvalue weighted by Crippen LogP contribution is 2.22. The number of imidazole rings is 1. The van der Waals surface area contributed by atoms with Crippen LogP contribution >= 0.6 is 0 Å². The van der Waals surface area contributed by atoms with Crippen LogP contribution in [0.15, 0.2) is 36.8 Å². The number of hydrogen-bond donors (Lipinski definition) is 1. The molecule has 0 unspecified atom stereocenters. The topological polar surface area (TPSA) is 61.5 Å². The lowest BCUT2D eigenvalue weighted by atomic mass is 10.1. The van der Waals surface area contributed by atoms with E-state index in [1.807, 2.05) is 0 Å². The molecule has 8 heteroatoms. The van der Waals surface area contributed by atoms with Gasteiger partial charge in [-0.2, -0.15) is 8.78 Å². The van der Waals surface area contributed by atoms with Crippen molar-refractivity contribution in [3.63, 3.8) is 0 Å². The second kappa shape index (κ2) is 7.39. The first-order valence-electron chi connectivity index (χ1n) is 7.66. The van der Waals surface area contributed by atoms with Gasteiger partial charge in [0.15, 0.2) is 0 Å². The number of aromatic amines is 1. The van der Waals surface area contributed by atoms with Crippen LogP contribution in [0.25, 0.3) is 0 Å². The molecule has 1 aromatic heterocycles. The maximum Gasteiger partial charge on any atom is 0.387 e. The normalized spacial score (nSPS) is 15.7. The monoisotopic (exact) mass is 336 g/mol. The molecule has 0 saturated carbocycles. The SMILES string of the molecule is O=C(c1ccccc1OC(F)F)N1CCN(Cc2cnc[nH]2)CC1. The molecule has 0 atom stereocenters. The molecule has 0 spiro atoms. The van der Waals surface area contributed by atoms with Crippen LogP contribution in [0.2, 0.25) is 0 Å². The number of aromatic nitrogens is 2. The number of hydrogen-bond acceptors (Lipinski definition) is 4. The molecule has 1 aliphatic rings. The summed E-state index contributed by atoms with van der Waals surface area (Å²) in [7, 11) is 0. The van der Waals surface area contributed by atoms with Crippen molar-refractivity contribution in [3.05, 3.63) is 48.0 Å². The minimum absolute atomic E-state index is 0.0858. The second-order valence-electron chi connectivity index (χ2n) is 5.52. The maximum absolute atomic E-state index is 12.6. The van der Waals surface area contributed by atoms with Crippen LogP contribution in [0.4, 0.5) is 8.78 Å². The zero-order valence-corrected chi connectivity index (χ0v) is 13.0. The Morgan fingerprint density at radius 1 is 1.25 bits per heavy atom. The smallest absolute Gasteiger partial charge is 0.387 e. The Labute approximate surface area is 138 Å². The zero-order valence-electron chi connectivity index (χ0n) is 13.0. The Hall–Kier alpha value is -2.48. The number of alkyl halides is 2. The molecule has 1 aliphatic heterocycles. The van der Waals surface area contributed by atoms with Crippen LogP contribution in [0, 0.1) is 0 Å². The number of rotatable bonds is 5. The predicted molar refractivity (Wildman–Crippen MR) is 82.8 cm³/mol. The summed E-state index contributed by atoms with van der Waals surface area (Å²) in [5.41, 5.74) is 1.19. The number of carbonyl (C=O) groups excluding carboxylic acids is 1. The summed E-state index contributed by atoms with van der Waals surface area (Å²) in [6.07, 6.45) is 3.41. The third kappa shape index (κ3) is 3.88. The van der Waals surface area contributed by atoms with Crippen molar-refractivity contribution in [3.8, 4) is 5.75 Å². The van der Waals surface area contributed by atoms with Gasteiger partial charge in [-0.25, -0.2) is 4.98 Å². The third-order valence-corrected chi connectivity index (χ3v) is 3.94. The number of carbonyl (C=O) groups is 1. The number of H-pyrrole nitrogens is 1. The van der Waals surface area contributed by atoms with E-state index in [0.29, 0.717) is 26.2 Å². The van der Waals surface area contributed by atoms with E-state index in [4.69, 9.17) is 0 Å². The summed E-state index contributed by atoms with van der Waals surface area (Å²) in [6.45, 7) is 0.287. The minimum Gasteiger partial charge on any atom is -0.434 e. The van der Waals surface area contributed by atoms with Gasteiger partial charge in [0.2, 0.25) is 0 Å².